The molecule has 0 radical (unpaired) electrons. The molecule has 4 rings (SSSR count). The van der Waals surface area contributed by atoms with Crippen LogP contribution in [-0.2, 0) is 14.4 Å². The first-order valence-corrected chi connectivity index (χ1v) is 10.1. The summed E-state index contributed by atoms with van der Waals surface area (Å²) in [5, 5.41) is 53.2. The van der Waals surface area contributed by atoms with Crippen LogP contribution in [-0.4, -0.2) is 85.0 Å². The van der Waals surface area contributed by atoms with Gasteiger partial charge in [0.15, 0.2) is 11.4 Å². The van der Waals surface area contributed by atoms with E-state index in [0.29, 0.717) is 4.90 Å². The third-order valence-electron chi connectivity index (χ3n) is 6.04. The van der Waals surface area contributed by atoms with Crippen LogP contribution in [0.25, 0.3) is 5.76 Å². The Balaban J connectivity index is 2.03. The Morgan fingerprint density at radius 1 is 1.19 bits per heavy atom. The number of rotatable bonds is 2. The highest BCUT2D eigenvalue weighted by Gasteiger charge is 2.67. The topological polar surface area (TPSA) is 182 Å². The molecule has 1 aliphatic heterocycles. The van der Waals surface area contributed by atoms with Crippen LogP contribution in [0.15, 0.2) is 40.0 Å². The molecule has 1 aromatic rings. The minimum Gasteiger partial charge on any atom is -0.508 e. The minimum absolute atomic E-state index is 0.0593. The number of benzene rings is 1. The molecule has 11 heteroatoms. The predicted molar refractivity (Wildman–Crippen MR) is 108 cm³/mol. The Bertz CT molecular complexity index is 1110. The lowest BCUT2D eigenvalue weighted by atomic mass is 9.60. The number of phenols is 1. The molecule has 5 atom stereocenters. The molecule has 1 fully saturated rings. The summed E-state index contributed by atoms with van der Waals surface area (Å²) in [4.78, 5) is 40.0. The van der Waals surface area contributed by atoms with Gasteiger partial charge in [0.05, 0.1) is 34.5 Å². The van der Waals surface area contributed by atoms with Crippen LogP contribution < -0.4 is 5.73 Å². The van der Waals surface area contributed by atoms with E-state index in [0.717, 1.165) is 11.8 Å². The van der Waals surface area contributed by atoms with Gasteiger partial charge in [-0.05, 0) is 26.2 Å². The first-order chi connectivity index (χ1) is 14.4. The summed E-state index contributed by atoms with van der Waals surface area (Å²) >= 11 is 0.969. The van der Waals surface area contributed by atoms with E-state index in [1.54, 1.807) is 6.07 Å². The molecule has 0 bridgehead atoms. The van der Waals surface area contributed by atoms with E-state index in [2.05, 4.69) is 0 Å². The Morgan fingerprint density at radius 3 is 2.42 bits per heavy atom. The quantitative estimate of drug-likeness (QED) is 0.315. The fraction of sp³-hybridized carbons (Fsp3) is 0.350. The lowest BCUT2D eigenvalue weighted by Crippen LogP contribution is -2.70. The van der Waals surface area contributed by atoms with Gasteiger partial charge in [0.25, 0.3) is 5.91 Å². The second kappa shape index (κ2) is 6.82. The van der Waals surface area contributed by atoms with Crippen LogP contribution in [0.1, 0.15) is 5.56 Å². The second-order valence-electron chi connectivity index (χ2n) is 7.92. The van der Waals surface area contributed by atoms with Crippen LogP contribution in [0.3, 0.4) is 0 Å². The van der Waals surface area contributed by atoms with Gasteiger partial charge >= 0.3 is 0 Å². The molecule has 31 heavy (non-hydrogen) atoms. The number of ketones is 2. The predicted octanol–water partition coefficient (Wildman–Crippen LogP) is -0.763. The number of amides is 1. The standard InChI is InChI=1S/C20H20N2O8S/c1-22(2)12-11-15(26)16-9(13(24)8-6(23)4-3-5-7(8)31-16)17(27)20(11,30)18(28)10(14(12)25)19(21)29/h3-5,11-12,15-16,23-24,26,28,30H,1-2H3,(H2,21,29)/t11?,12-,15+,16?,20-/m0/s1. The van der Waals surface area contributed by atoms with Gasteiger partial charge in [-0.3, -0.25) is 19.3 Å². The Morgan fingerprint density at radius 2 is 1.84 bits per heavy atom. The largest absolute Gasteiger partial charge is 0.508 e. The molecule has 1 saturated carbocycles. The van der Waals surface area contributed by atoms with Crippen molar-refractivity contribution in [2.24, 2.45) is 11.7 Å². The van der Waals surface area contributed by atoms with Crippen molar-refractivity contribution in [1.82, 2.24) is 4.90 Å². The lowest BCUT2D eigenvalue weighted by molar-refractivity contribution is -0.162. The number of hydrogen-bond donors (Lipinski definition) is 6. The molecule has 1 aromatic carbocycles. The average molecular weight is 448 g/mol. The molecular weight excluding hydrogens is 428 g/mol. The third-order valence-corrected chi connectivity index (χ3v) is 7.40. The number of aromatic hydroxyl groups is 1. The highest BCUT2D eigenvalue weighted by molar-refractivity contribution is 8.00. The molecule has 0 spiro atoms. The van der Waals surface area contributed by atoms with E-state index in [1.165, 1.54) is 31.1 Å². The lowest BCUT2D eigenvalue weighted by Gasteiger charge is -2.52. The van der Waals surface area contributed by atoms with E-state index < -0.39 is 69.1 Å². The maximum Gasteiger partial charge on any atom is 0.255 e. The van der Waals surface area contributed by atoms with Crippen molar-refractivity contribution in [3.05, 3.63) is 40.7 Å². The Labute approximate surface area is 180 Å². The van der Waals surface area contributed by atoms with Gasteiger partial charge in [-0.25, -0.2) is 0 Å². The van der Waals surface area contributed by atoms with Gasteiger partial charge in [0.1, 0.15) is 22.8 Å². The average Bonchev–Trinajstić information content (AvgIpc) is 2.67. The number of aliphatic hydroxyl groups is 4. The number of nitrogens with two attached hydrogens (primary N) is 1. The number of hydrogen-bond acceptors (Lipinski definition) is 10. The number of likely N-dealkylation sites (N-methyl/N-ethyl adjacent to an activating group) is 1. The smallest absolute Gasteiger partial charge is 0.255 e. The summed E-state index contributed by atoms with van der Waals surface area (Å²) in [6.45, 7) is 0. The Hall–Kier alpha value is -2.86. The number of thioether (sulfide) groups is 1. The molecule has 0 aromatic heterocycles. The number of primary amides is 1. The van der Waals surface area contributed by atoms with Gasteiger partial charge in [-0.1, -0.05) is 6.07 Å². The molecule has 164 valence electrons. The molecule has 1 heterocycles. The summed E-state index contributed by atoms with van der Waals surface area (Å²) < 4.78 is 0. The van der Waals surface area contributed by atoms with Crippen molar-refractivity contribution in [1.29, 1.82) is 0 Å². The van der Waals surface area contributed by atoms with Crippen LogP contribution in [0.4, 0.5) is 0 Å². The van der Waals surface area contributed by atoms with E-state index in [-0.39, 0.29) is 11.3 Å². The molecular formula is C20H20N2O8S. The van der Waals surface area contributed by atoms with Gasteiger partial charge in [0, 0.05) is 4.90 Å². The van der Waals surface area contributed by atoms with Gasteiger partial charge in [-0.2, -0.15) is 0 Å². The number of fused-ring (bicyclic) bond motifs is 3. The number of carbonyl (C=O) groups is 3. The van der Waals surface area contributed by atoms with Crippen molar-refractivity contribution >= 4 is 35.0 Å². The fourth-order valence-corrected chi connectivity index (χ4v) is 6.08. The molecule has 10 nitrogen and oxygen atoms in total. The highest BCUT2D eigenvalue weighted by Crippen LogP contribution is 2.54. The zero-order valence-corrected chi connectivity index (χ0v) is 17.3. The molecule has 7 N–H and O–H groups in total. The van der Waals surface area contributed by atoms with Crippen LogP contribution in [0.5, 0.6) is 5.75 Å². The van der Waals surface area contributed by atoms with Crippen molar-refractivity contribution in [3.63, 3.8) is 0 Å². The number of nitrogens with zero attached hydrogens (tertiary/aromatic N) is 1. The highest BCUT2D eigenvalue weighted by atomic mass is 32.2. The second-order valence-corrected chi connectivity index (χ2v) is 9.11. The molecule has 2 unspecified atom stereocenters. The third kappa shape index (κ3) is 2.61. The van der Waals surface area contributed by atoms with Crippen LogP contribution >= 0.6 is 11.8 Å². The number of carbonyl (C=O) groups excluding carboxylic acids is 3. The monoisotopic (exact) mass is 448 g/mol. The normalized spacial score (nSPS) is 32.7. The van der Waals surface area contributed by atoms with E-state index in [4.69, 9.17) is 5.73 Å². The maximum atomic E-state index is 13.5. The number of Topliss-reactive ketones (excluding diaryl/α,β-unsaturated/α-hetero) is 2. The van der Waals surface area contributed by atoms with Crippen molar-refractivity contribution in [2.75, 3.05) is 14.1 Å². The summed E-state index contributed by atoms with van der Waals surface area (Å²) in [6, 6.07) is 3.02. The first-order valence-electron chi connectivity index (χ1n) is 9.26. The zero-order chi connectivity index (χ0) is 23.0. The number of aliphatic hydroxyl groups excluding tert-OH is 3. The maximum absolute atomic E-state index is 13.5. The molecule has 3 aliphatic rings. The van der Waals surface area contributed by atoms with Crippen LogP contribution in [0, 0.1) is 5.92 Å². The fourth-order valence-electron chi connectivity index (χ4n) is 4.68. The Kier molecular flexibility index (Phi) is 4.70. The van der Waals surface area contributed by atoms with Crippen molar-refractivity contribution < 1.29 is 39.9 Å². The van der Waals surface area contributed by atoms with Gasteiger partial charge in [-0.15, -0.1) is 11.8 Å². The zero-order valence-electron chi connectivity index (χ0n) is 16.4. The summed E-state index contributed by atoms with van der Waals surface area (Å²) in [6.07, 6.45) is -1.60. The molecule has 1 amide bonds. The molecule has 2 aliphatic carbocycles. The number of phenolic OH excluding ortho intramolecular Hbond substituents is 1. The van der Waals surface area contributed by atoms with Gasteiger partial charge < -0.3 is 31.3 Å². The summed E-state index contributed by atoms with van der Waals surface area (Å²) in [5.41, 5.74) is 0.902. The van der Waals surface area contributed by atoms with E-state index in [1.807, 2.05) is 0 Å². The van der Waals surface area contributed by atoms with E-state index >= 15 is 0 Å². The minimum atomic E-state index is -2.89. The van der Waals surface area contributed by atoms with Crippen LogP contribution in [0.2, 0.25) is 0 Å². The first kappa shape index (κ1) is 21.4. The molecule has 0 saturated heterocycles. The van der Waals surface area contributed by atoms with Crippen molar-refractivity contribution in [3.8, 4) is 5.75 Å². The summed E-state index contributed by atoms with van der Waals surface area (Å²) in [7, 11) is 2.90. The summed E-state index contributed by atoms with van der Waals surface area (Å²) in [5.74, 6) is -7.28. The van der Waals surface area contributed by atoms with Crippen molar-refractivity contribution in [2.45, 2.75) is 27.9 Å². The SMILES string of the molecule is CN(C)[C@@H]1C(=O)C(C(N)=O)=C(O)[C@@]2(O)C(=O)C3=C(O)c4c(O)cccc4SC3[C@H](O)C12. The van der Waals surface area contributed by atoms with E-state index in [9.17, 15) is 39.9 Å². The van der Waals surface area contributed by atoms with Gasteiger partial charge in [0.2, 0.25) is 5.78 Å².